The summed E-state index contributed by atoms with van der Waals surface area (Å²) in [4.78, 5) is 39.2. The molecule has 0 saturated carbocycles. The lowest BCUT2D eigenvalue weighted by Crippen LogP contribution is -2.40. The molecular formula is C29H29ClN8O3. The fourth-order valence-electron chi connectivity index (χ4n) is 4.42. The van der Waals surface area contributed by atoms with Crippen LogP contribution in [0, 0.1) is 0 Å². The smallest absolute Gasteiger partial charge is 0.330 e. The molecule has 3 heterocycles. The molecule has 3 amide bonds. The first kappa shape index (κ1) is 27.8. The summed E-state index contributed by atoms with van der Waals surface area (Å²) in [6.07, 6.45) is 7.01. The maximum absolute atomic E-state index is 14.2. The molecule has 0 unspecified atom stereocenters. The number of anilines is 5. The van der Waals surface area contributed by atoms with E-state index in [0.29, 0.717) is 49.0 Å². The molecule has 2 N–H and O–H groups in total. The van der Waals surface area contributed by atoms with Crippen LogP contribution < -0.4 is 15.5 Å². The van der Waals surface area contributed by atoms with E-state index in [-0.39, 0.29) is 23.0 Å². The largest absolute Gasteiger partial charge is 0.381 e. The van der Waals surface area contributed by atoms with E-state index in [1.54, 1.807) is 71.4 Å². The first-order valence-electron chi connectivity index (χ1n) is 12.9. The van der Waals surface area contributed by atoms with Crippen molar-refractivity contribution in [1.82, 2.24) is 24.6 Å². The minimum Gasteiger partial charge on any atom is -0.381 e. The van der Waals surface area contributed by atoms with Gasteiger partial charge >= 0.3 is 6.03 Å². The second-order valence-electron chi connectivity index (χ2n) is 9.35. The topological polar surface area (TPSA) is 118 Å². The van der Waals surface area contributed by atoms with E-state index in [9.17, 15) is 9.59 Å². The monoisotopic (exact) mass is 572 g/mol. The Morgan fingerprint density at radius 2 is 2.00 bits per heavy atom. The Kier molecular flexibility index (Phi) is 8.56. The first-order chi connectivity index (χ1) is 19.9. The zero-order valence-corrected chi connectivity index (χ0v) is 23.4. The number of nitrogens with one attached hydrogen (secondary N) is 2. The van der Waals surface area contributed by atoms with Gasteiger partial charge in [-0.3, -0.25) is 9.48 Å². The van der Waals surface area contributed by atoms with E-state index >= 15 is 0 Å². The average Bonchev–Trinajstić information content (AvgIpc) is 3.21. The van der Waals surface area contributed by atoms with Gasteiger partial charge < -0.3 is 20.3 Å². The van der Waals surface area contributed by atoms with Gasteiger partial charge in [0.15, 0.2) is 5.15 Å². The fraction of sp³-hybridized carbons (Fsp3) is 0.207. The number of hydrogen-bond acceptors (Lipinski definition) is 7. The molecule has 5 rings (SSSR count). The number of fused-ring (bicyclic) bond motifs is 1. The molecule has 0 bridgehead atoms. The Labute approximate surface area is 242 Å². The molecule has 0 saturated heterocycles. The number of hydrogen-bond donors (Lipinski definition) is 2. The molecule has 2 aromatic carbocycles. The summed E-state index contributed by atoms with van der Waals surface area (Å²) >= 11 is 6.24. The minimum atomic E-state index is -0.311. The van der Waals surface area contributed by atoms with Gasteiger partial charge in [0, 0.05) is 57.0 Å². The maximum Gasteiger partial charge on any atom is 0.330 e. The van der Waals surface area contributed by atoms with E-state index < -0.39 is 0 Å². The SMILES string of the molecule is COC/C=C/C(=O)Nc1cccc(N2C(=O)N(Cc3ccccc3)CCc3cnc(Nc4cn(C)nc4Cl)nc32)c1. The third-order valence-electron chi connectivity index (χ3n) is 6.32. The lowest BCUT2D eigenvalue weighted by atomic mass is 10.2. The predicted octanol–water partition coefficient (Wildman–Crippen LogP) is 5.06. The number of halogens is 1. The lowest BCUT2D eigenvalue weighted by Gasteiger charge is -2.28. The molecule has 0 fully saturated rings. The van der Waals surface area contributed by atoms with Crippen molar-refractivity contribution in [2.45, 2.75) is 13.0 Å². The molecule has 0 spiro atoms. The van der Waals surface area contributed by atoms with E-state index in [4.69, 9.17) is 21.3 Å². The summed E-state index contributed by atoms with van der Waals surface area (Å²) in [6.45, 7) is 1.22. The second-order valence-corrected chi connectivity index (χ2v) is 9.71. The van der Waals surface area contributed by atoms with Gasteiger partial charge in [-0.25, -0.2) is 14.7 Å². The third kappa shape index (κ3) is 6.71. The Morgan fingerprint density at radius 1 is 1.17 bits per heavy atom. The van der Waals surface area contributed by atoms with Crippen LogP contribution in [0.15, 0.2) is 79.1 Å². The molecule has 1 aliphatic rings. The molecule has 4 aromatic rings. The van der Waals surface area contributed by atoms with Crippen LogP contribution in [0.5, 0.6) is 0 Å². The molecule has 0 radical (unpaired) electrons. The molecular weight excluding hydrogens is 544 g/mol. The van der Waals surface area contributed by atoms with Crippen LogP contribution in [0.25, 0.3) is 0 Å². The summed E-state index contributed by atoms with van der Waals surface area (Å²) < 4.78 is 6.54. The number of ether oxygens (including phenoxy) is 1. The summed E-state index contributed by atoms with van der Waals surface area (Å²) in [5.74, 6) is 0.391. The van der Waals surface area contributed by atoms with Crippen molar-refractivity contribution in [2.75, 3.05) is 35.8 Å². The van der Waals surface area contributed by atoms with Crippen molar-refractivity contribution in [3.05, 3.63) is 95.4 Å². The van der Waals surface area contributed by atoms with Gasteiger partial charge in [-0.1, -0.05) is 54.1 Å². The van der Waals surface area contributed by atoms with Crippen molar-refractivity contribution in [3.63, 3.8) is 0 Å². The summed E-state index contributed by atoms with van der Waals surface area (Å²) in [6, 6.07) is 16.6. The maximum atomic E-state index is 14.2. The predicted molar refractivity (Wildman–Crippen MR) is 158 cm³/mol. The molecule has 12 heteroatoms. The van der Waals surface area contributed by atoms with Gasteiger partial charge in [0.2, 0.25) is 11.9 Å². The van der Waals surface area contributed by atoms with Crippen LogP contribution in [0.1, 0.15) is 11.1 Å². The number of carbonyl (C=O) groups is 2. The number of rotatable bonds is 9. The van der Waals surface area contributed by atoms with Crippen LogP contribution in [0.4, 0.5) is 33.6 Å². The number of aryl methyl sites for hydroxylation is 1. The third-order valence-corrected chi connectivity index (χ3v) is 6.60. The zero-order chi connectivity index (χ0) is 28.8. The van der Waals surface area contributed by atoms with Gasteiger partial charge in [0.05, 0.1) is 18.0 Å². The fourth-order valence-corrected chi connectivity index (χ4v) is 4.63. The van der Waals surface area contributed by atoms with E-state index in [1.165, 1.54) is 6.08 Å². The number of benzene rings is 2. The van der Waals surface area contributed by atoms with Crippen LogP contribution in [0.2, 0.25) is 5.15 Å². The van der Waals surface area contributed by atoms with E-state index in [0.717, 1.165) is 11.1 Å². The van der Waals surface area contributed by atoms with Crippen molar-refractivity contribution in [1.29, 1.82) is 0 Å². The Hall–Kier alpha value is -4.74. The van der Waals surface area contributed by atoms with Crippen molar-refractivity contribution < 1.29 is 14.3 Å². The molecule has 1 aliphatic heterocycles. The zero-order valence-electron chi connectivity index (χ0n) is 22.6. The first-order valence-corrected chi connectivity index (χ1v) is 13.3. The van der Waals surface area contributed by atoms with Gasteiger partial charge in [0.25, 0.3) is 0 Å². The van der Waals surface area contributed by atoms with Gasteiger partial charge in [-0.2, -0.15) is 10.1 Å². The normalized spacial score (nSPS) is 13.3. The molecule has 2 aromatic heterocycles. The Bertz CT molecular complexity index is 1570. The molecule has 210 valence electrons. The Balaban J connectivity index is 1.52. The number of amides is 3. The molecule has 11 nitrogen and oxygen atoms in total. The van der Waals surface area contributed by atoms with Gasteiger partial charge in [-0.05, 0) is 30.2 Å². The highest BCUT2D eigenvalue weighted by molar-refractivity contribution is 6.32. The van der Waals surface area contributed by atoms with Crippen LogP contribution in [-0.2, 0) is 29.5 Å². The second kappa shape index (κ2) is 12.6. The van der Waals surface area contributed by atoms with Gasteiger partial charge in [0.1, 0.15) is 5.82 Å². The van der Waals surface area contributed by atoms with E-state index in [1.807, 2.05) is 30.3 Å². The molecule has 0 aliphatic carbocycles. The van der Waals surface area contributed by atoms with E-state index in [2.05, 4.69) is 20.7 Å². The Morgan fingerprint density at radius 3 is 2.76 bits per heavy atom. The quantitative estimate of drug-likeness (QED) is 0.269. The molecule has 41 heavy (non-hydrogen) atoms. The van der Waals surface area contributed by atoms with Crippen LogP contribution in [-0.4, -0.2) is 56.8 Å². The number of carbonyl (C=O) groups excluding carboxylic acids is 2. The minimum absolute atomic E-state index is 0.250. The number of methoxy groups -OCH3 is 1. The highest BCUT2D eigenvalue weighted by atomic mass is 35.5. The number of aromatic nitrogens is 4. The number of nitrogens with zero attached hydrogens (tertiary/aromatic N) is 6. The standard InChI is InChI=1S/C29H29ClN8O3/c1-36-19-24(26(30)35-36)33-28-31-17-21-13-14-37(18-20-8-4-3-5-9-20)29(40)38(27(21)34-28)23-11-6-10-22(16-23)32-25(39)12-7-15-41-2/h3-12,16-17,19H,13-15,18H2,1-2H3,(H,32,39)(H,31,33,34)/b12-7+. The van der Waals surface area contributed by atoms with Crippen molar-refractivity contribution in [3.8, 4) is 0 Å². The summed E-state index contributed by atoms with van der Waals surface area (Å²) in [7, 11) is 3.31. The van der Waals surface area contributed by atoms with Crippen molar-refractivity contribution in [2.24, 2.45) is 7.05 Å². The lowest BCUT2D eigenvalue weighted by molar-refractivity contribution is -0.111. The number of urea groups is 1. The van der Waals surface area contributed by atoms with Crippen molar-refractivity contribution >= 4 is 52.4 Å². The molecule has 0 atom stereocenters. The highest BCUT2D eigenvalue weighted by Crippen LogP contribution is 2.34. The highest BCUT2D eigenvalue weighted by Gasteiger charge is 2.31. The van der Waals surface area contributed by atoms with Gasteiger partial charge in [-0.15, -0.1) is 0 Å². The summed E-state index contributed by atoms with van der Waals surface area (Å²) in [5, 5.41) is 10.3. The average molecular weight is 573 g/mol. The summed E-state index contributed by atoms with van der Waals surface area (Å²) in [5.41, 5.74) is 3.41. The van der Waals surface area contributed by atoms with Crippen LogP contribution >= 0.6 is 11.6 Å². The van der Waals surface area contributed by atoms with Crippen LogP contribution in [0.3, 0.4) is 0 Å².